The molecule has 1 heterocycles. The zero-order valence-corrected chi connectivity index (χ0v) is 21.8. The SMILES string of the molecule is C=C1/C=C/C(=O)N[C@@H](C)C(=O)NC(C(C)C)C(=O)OC(C(C)CCCCCC)C(CCO)C(=O)N1. The fourth-order valence-corrected chi connectivity index (χ4v) is 4.02. The van der Waals surface area contributed by atoms with E-state index in [2.05, 4.69) is 29.5 Å². The van der Waals surface area contributed by atoms with E-state index in [0.717, 1.165) is 32.1 Å². The van der Waals surface area contributed by atoms with Gasteiger partial charge in [0, 0.05) is 18.4 Å². The van der Waals surface area contributed by atoms with Crippen molar-refractivity contribution in [3.8, 4) is 0 Å². The number of carbonyl (C=O) groups excluding carboxylic acids is 4. The van der Waals surface area contributed by atoms with Crippen LogP contribution in [-0.4, -0.2) is 53.6 Å². The molecule has 0 radical (unpaired) electrons. The summed E-state index contributed by atoms with van der Waals surface area (Å²) >= 11 is 0. The van der Waals surface area contributed by atoms with E-state index in [1.165, 1.54) is 19.1 Å². The van der Waals surface area contributed by atoms with Gasteiger partial charge in [-0.05, 0) is 37.7 Å². The van der Waals surface area contributed by atoms with Gasteiger partial charge in [0.25, 0.3) is 0 Å². The van der Waals surface area contributed by atoms with Crippen LogP contribution in [0.15, 0.2) is 24.4 Å². The molecular weight excluding hydrogens is 450 g/mol. The molecule has 4 unspecified atom stereocenters. The van der Waals surface area contributed by atoms with Gasteiger partial charge in [-0.2, -0.15) is 0 Å². The molecule has 9 heteroatoms. The standard InChI is InChI=1S/C26H43N3O6/c1-7-8-9-10-11-17(4)23-20(14-15-30)25(33)27-18(5)12-13-21(31)28-19(6)24(32)29-22(16(2)3)26(34)35-23/h12-13,16-17,19-20,22-23,30H,5,7-11,14-15H2,1-4,6H3,(H,27,33)(H,28,31)(H,29,32)/b13-12+/t17?,19-,20?,22?,23?/m0/s1. The first-order valence-corrected chi connectivity index (χ1v) is 12.6. The van der Waals surface area contributed by atoms with E-state index in [1.807, 2.05) is 6.92 Å². The van der Waals surface area contributed by atoms with E-state index in [0.29, 0.717) is 0 Å². The van der Waals surface area contributed by atoms with Gasteiger partial charge >= 0.3 is 5.97 Å². The second-order valence-corrected chi connectivity index (χ2v) is 9.66. The highest BCUT2D eigenvalue weighted by atomic mass is 16.5. The van der Waals surface area contributed by atoms with Crippen LogP contribution in [0.25, 0.3) is 0 Å². The number of aliphatic hydroxyl groups excluding tert-OH is 1. The molecule has 1 aliphatic heterocycles. The lowest BCUT2D eigenvalue weighted by Crippen LogP contribution is -2.53. The molecule has 0 saturated heterocycles. The Balaban J connectivity index is 3.37. The van der Waals surface area contributed by atoms with E-state index >= 15 is 0 Å². The molecule has 0 bridgehead atoms. The smallest absolute Gasteiger partial charge is 0.329 e. The van der Waals surface area contributed by atoms with Gasteiger partial charge in [0.05, 0.1) is 5.92 Å². The molecule has 4 N–H and O–H groups in total. The summed E-state index contributed by atoms with van der Waals surface area (Å²) in [4.78, 5) is 51.3. The van der Waals surface area contributed by atoms with E-state index in [9.17, 15) is 24.3 Å². The molecule has 9 nitrogen and oxygen atoms in total. The Labute approximate surface area is 209 Å². The highest BCUT2D eigenvalue weighted by molar-refractivity contribution is 5.94. The van der Waals surface area contributed by atoms with Gasteiger partial charge in [0.2, 0.25) is 17.7 Å². The van der Waals surface area contributed by atoms with Gasteiger partial charge in [-0.25, -0.2) is 4.79 Å². The van der Waals surface area contributed by atoms with E-state index in [-0.39, 0.29) is 30.6 Å². The van der Waals surface area contributed by atoms with Gasteiger partial charge < -0.3 is 25.8 Å². The number of carbonyl (C=O) groups is 4. The Hall–Kier alpha value is -2.68. The maximum absolute atomic E-state index is 13.3. The molecule has 3 amide bonds. The molecular formula is C26H43N3O6. The maximum atomic E-state index is 13.3. The zero-order valence-electron chi connectivity index (χ0n) is 21.8. The fourth-order valence-electron chi connectivity index (χ4n) is 4.02. The Kier molecular flexibility index (Phi) is 13.3. The minimum absolute atomic E-state index is 0.0797. The first-order valence-electron chi connectivity index (χ1n) is 12.6. The molecule has 1 aliphatic rings. The van der Waals surface area contributed by atoms with E-state index in [1.54, 1.807) is 13.8 Å². The quantitative estimate of drug-likeness (QED) is 0.288. The van der Waals surface area contributed by atoms with Crippen LogP contribution in [0, 0.1) is 17.8 Å². The van der Waals surface area contributed by atoms with Crippen molar-refractivity contribution in [1.82, 2.24) is 16.0 Å². The minimum Gasteiger partial charge on any atom is -0.460 e. The van der Waals surface area contributed by atoms with Gasteiger partial charge in [0.15, 0.2) is 0 Å². The second-order valence-electron chi connectivity index (χ2n) is 9.66. The number of rotatable bonds is 9. The van der Waals surface area contributed by atoms with Crippen LogP contribution in [0.4, 0.5) is 0 Å². The third-order valence-corrected chi connectivity index (χ3v) is 6.19. The van der Waals surface area contributed by atoms with Gasteiger partial charge in [0.1, 0.15) is 18.2 Å². The van der Waals surface area contributed by atoms with Gasteiger partial charge in [-0.1, -0.05) is 60.0 Å². The van der Waals surface area contributed by atoms with Crippen LogP contribution in [0.1, 0.15) is 73.1 Å². The monoisotopic (exact) mass is 493 g/mol. The molecule has 0 spiro atoms. The molecule has 35 heavy (non-hydrogen) atoms. The molecule has 0 aliphatic carbocycles. The van der Waals surface area contributed by atoms with Crippen molar-refractivity contribution in [1.29, 1.82) is 0 Å². The number of nitrogens with one attached hydrogen (secondary N) is 3. The number of esters is 1. The fraction of sp³-hybridized carbons (Fsp3) is 0.692. The summed E-state index contributed by atoms with van der Waals surface area (Å²) < 4.78 is 5.93. The number of aliphatic hydroxyl groups is 1. The number of hydrogen-bond donors (Lipinski definition) is 4. The number of hydrogen-bond acceptors (Lipinski definition) is 6. The summed E-state index contributed by atoms with van der Waals surface area (Å²) in [6.07, 6.45) is 6.64. The lowest BCUT2D eigenvalue weighted by Gasteiger charge is -2.33. The van der Waals surface area contributed by atoms with E-state index < -0.39 is 47.8 Å². The predicted octanol–water partition coefficient (Wildman–Crippen LogP) is 2.35. The Morgan fingerprint density at radius 2 is 1.71 bits per heavy atom. The largest absolute Gasteiger partial charge is 0.460 e. The second kappa shape index (κ2) is 15.3. The van der Waals surface area contributed by atoms with Crippen LogP contribution in [0.3, 0.4) is 0 Å². The summed E-state index contributed by atoms with van der Waals surface area (Å²) in [7, 11) is 0. The van der Waals surface area contributed by atoms with Crippen LogP contribution in [0.2, 0.25) is 0 Å². The van der Waals surface area contributed by atoms with Crippen molar-refractivity contribution < 1.29 is 29.0 Å². The highest BCUT2D eigenvalue weighted by Crippen LogP contribution is 2.27. The lowest BCUT2D eigenvalue weighted by molar-refractivity contribution is -0.162. The average Bonchev–Trinajstić information content (AvgIpc) is 2.79. The number of unbranched alkanes of at least 4 members (excludes halogenated alkanes) is 3. The van der Waals surface area contributed by atoms with Crippen molar-refractivity contribution in [2.24, 2.45) is 17.8 Å². The predicted molar refractivity (Wildman–Crippen MR) is 134 cm³/mol. The molecule has 0 fully saturated rings. The summed E-state index contributed by atoms with van der Waals surface area (Å²) in [6.45, 7) is 12.6. The van der Waals surface area contributed by atoms with E-state index in [4.69, 9.17) is 4.74 Å². The molecule has 5 atom stereocenters. The first-order chi connectivity index (χ1) is 16.5. The normalized spacial score (nSPS) is 26.7. The first kappa shape index (κ1) is 30.4. The average molecular weight is 494 g/mol. The maximum Gasteiger partial charge on any atom is 0.329 e. The van der Waals surface area contributed by atoms with Crippen LogP contribution < -0.4 is 16.0 Å². The Bertz CT molecular complexity index is 779. The van der Waals surface area contributed by atoms with Crippen LogP contribution in [-0.2, 0) is 23.9 Å². The summed E-state index contributed by atoms with van der Waals surface area (Å²) in [6, 6.07) is -1.87. The molecule has 1 rings (SSSR count). The van der Waals surface area contributed by atoms with Crippen LogP contribution >= 0.6 is 0 Å². The van der Waals surface area contributed by atoms with Crippen molar-refractivity contribution >= 4 is 23.7 Å². The number of allylic oxidation sites excluding steroid dienone is 1. The molecule has 0 aromatic carbocycles. The molecule has 0 aromatic heterocycles. The van der Waals surface area contributed by atoms with Crippen molar-refractivity contribution in [3.05, 3.63) is 24.4 Å². The summed E-state index contributed by atoms with van der Waals surface area (Å²) in [5.41, 5.74) is 0.167. The summed E-state index contributed by atoms with van der Waals surface area (Å²) in [5.74, 6) is -3.48. The third-order valence-electron chi connectivity index (χ3n) is 6.19. The Morgan fingerprint density at radius 3 is 2.31 bits per heavy atom. The minimum atomic E-state index is -0.967. The van der Waals surface area contributed by atoms with Gasteiger partial charge in [-0.3, -0.25) is 14.4 Å². The number of amides is 3. The topological polar surface area (TPSA) is 134 Å². The van der Waals surface area contributed by atoms with Gasteiger partial charge in [-0.15, -0.1) is 0 Å². The number of cyclic esters (lactones) is 1. The molecule has 0 aromatic rings. The Morgan fingerprint density at radius 1 is 1.03 bits per heavy atom. The number of ether oxygens (including phenoxy) is 1. The van der Waals surface area contributed by atoms with Crippen molar-refractivity contribution in [2.75, 3.05) is 6.61 Å². The summed E-state index contributed by atoms with van der Waals surface area (Å²) in [5, 5.41) is 17.5. The zero-order chi connectivity index (χ0) is 26.5. The third kappa shape index (κ3) is 10.2. The van der Waals surface area contributed by atoms with Crippen molar-refractivity contribution in [2.45, 2.75) is 91.3 Å². The van der Waals surface area contributed by atoms with Crippen molar-refractivity contribution in [3.63, 3.8) is 0 Å². The molecule has 198 valence electrons. The highest BCUT2D eigenvalue weighted by Gasteiger charge is 2.38. The molecule has 0 saturated carbocycles. The van der Waals surface area contributed by atoms with Crippen LogP contribution in [0.5, 0.6) is 0 Å². The lowest BCUT2D eigenvalue weighted by atomic mass is 9.85.